The first-order chi connectivity index (χ1) is 13.7. The van der Waals surface area contributed by atoms with Gasteiger partial charge in [-0.05, 0) is 38.3 Å². The van der Waals surface area contributed by atoms with Crippen LogP contribution in [0.4, 0.5) is 4.79 Å². The van der Waals surface area contributed by atoms with Crippen molar-refractivity contribution in [3.63, 3.8) is 0 Å². The van der Waals surface area contributed by atoms with Gasteiger partial charge in [-0.15, -0.1) is 11.8 Å². The highest BCUT2D eigenvalue weighted by Gasteiger charge is 2.16. The largest absolute Gasteiger partial charge is 0.452 e. The summed E-state index contributed by atoms with van der Waals surface area (Å²) in [6.45, 7) is 7.65. The van der Waals surface area contributed by atoms with Gasteiger partial charge in [0.2, 0.25) is 5.91 Å². The Labute approximate surface area is 175 Å². The van der Waals surface area contributed by atoms with Crippen molar-refractivity contribution in [3.8, 4) is 0 Å². The van der Waals surface area contributed by atoms with Crippen molar-refractivity contribution < 1.29 is 23.9 Å². The lowest BCUT2D eigenvalue weighted by atomic mass is 10.1. The number of rotatable bonds is 10. The van der Waals surface area contributed by atoms with Crippen molar-refractivity contribution in [3.05, 3.63) is 29.8 Å². The number of hydrogen-bond donors (Lipinski definition) is 3. The van der Waals surface area contributed by atoms with Crippen molar-refractivity contribution in [1.82, 2.24) is 16.0 Å². The third kappa shape index (κ3) is 10.5. The van der Waals surface area contributed by atoms with Gasteiger partial charge in [0.15, 0.2) is 6.61 Å². The molecule has 0 heterocycles. The zero-order chi connectivity index (χ0) is 21.8. The number of imide groups is 1. The van der Waals surface area contributed by atoms with Crippen LogP contribution in [0.3, 0.4) is 0 Å². The van der Waals surface area contributed by atoms with Crippen LogP contribution in [0.5, 0.6) is 0 Å². The van der Waals surface area contributed by atoms with E-state index in [-0.39, 0.29) is 23.3 Å². The van der Waals surface area contributed by atoms with Crippen molar-refractivity contribution in [2.45, 2.75) is 45.1 Å². The number of amides is 4. The molecular formula is C20H29N3O5S. The third-order valence-corrected chi connectivity index (χ3v) is 4.58. The first kappa shape index (κ1) is 24.5. The van der Waals surface area contributed by atoms with Gasteiger partial charge in [-0.2, -0.15) is 0 Å². The van der Waals surface area contributed by atoms with Crippen LogP contribution in [-0.2, 0) is 14.3 Å². The molecule has 160 valence electrons. The summed E-state index contributed by atoms with van der Waals surface area (Å²) < 4.78 is 5.00. The van der Waals surface area contributed by atoms with Gasteiger partial charge in [-0.3, -0.25) is 14.9 Å². The molecule has 8 nitrogen and oxygen atoms in total. The topological polar surface area (TPSA) is 114 Å². The van der Waals surface area contributed by atoms with Gasteiger partial charge >= 0.3 is 12.0 Å². The Morgan fingerprint density at radius 1 is 1.03 bits per heavy atom. The van der Waals surface area contributed by atoms with E-state index in [0.29, 0.717) is 17.4 Å². The predicted molar refractivity (Wildman–Crippen MR) is 112 cm³/mol. The summed E-state index contributed by atoms with van der Waals surface area (Å²) in [4.78, 5) is 48.1. The van der Waals surface area contributed by atoms with E-state index in [0.717, 1.165) is 6.42 Å². The fourth-order valence-corrected chi connectivity index (χ4v) is 3.01. The van der Waals surface area contributed by atoms with Gasteiger partial charge < -0.3 is 15.4 Å². The number of benzene rings is 1. The van der Waals surface area contributed by atoms with Crippen molar-refractivity contribution in [1.29, 1.82) is 0 Å². The van der Waals surface area contributed by atoms with Gasteiger partial charge in [-0.25, -0.2) is 9.59 Å². The normalized spacial score (nSPS) is 10.6. The number of nitrogens with one attached hydrogen (secondary N) is 3. The van der Waals surface area contributed by atoms with Gasteiger partial charge in [0.25, 0.3) is 5.91 Å². The molecule has 0 aliphatic rings. The summed E-state index contributed by atoms with van der Waals surface area (Å²) in [6.07, 6.45) is 0.792. The monoisotopic (exact) mass is 423 g/mol. The van der Waals surface area contributed by atoms with E-state index in [1.807, 2.05) is 27.7 Å². The maximum Gasteiger partial charge on any atom is 0.339 e. The Morgan fingerprint density at radius 3 is 2.38 bits per heavy atom. The summed E-state index contributed by atoms with van der Waals surface area (Å²) >= 11 is 1.20. The summed E-state index contributed by atoms with van der Waals surface area (Å²) in [5.74, 6) is -0.980. The van der Waals surface area contributed by atoms with Crippen LogP contribution < -0.4 is 16.0 Å². The lowest BCUT2D eigenvalue weighted by molar-refractivity contribution is -0.123. The fourth-order valence-electron chi connectivity index (χ4n) is 2.16. The molecule has 1 aromatic rings. The lowest BCUT2D eigenvalue weighted by Gasteiger charge is -2.11. The van der Waals surface area contributed by atoms with Gasteiger partial charge in [0.05, 0.1) is 11.3 Å². The van der Waals surface area contributed by atoms with Crippen molar-refractivity contribution in [2.24, 2.45) is 5.92 Å². The number of thioether (sulfide) groups is 1. The highest BCUT2D eigenvalue weighted by molar-refractivity contribution is 8.00. The Morgan fingerprint density at radius 2 is 1.72 bits per heavy atom. The van der Waals surface area contributed by atoms with E-state index in [2.05, 4.69) is 16.0 Å². The number of urea groups is 1. The average Bonchev–Trinajstić information content (AvgIpc) is 2.63. The molecule has 9 heteroatoms. The minimum Gasteiger partial charge on any atom is -0.452 e. The second-order valence-corrected chi connectivity index (χ2v) is 8.09. The Bertz CT molecular complexity index is 722. The number of hydrogen-bond acceptors (Lipinski definition) is 6. The van der Waals surface area contributed by atoms with Crippen molar-refractivity contribution in [2.75, 3.05) is 18.9 Å². The van der Waals surface area contributed by atoms with Crippen LogP contribution in [0.2, 0.25) is 0 Å². The zero-order valence-electron chi connectivity index (χ0n) is 17.2. The number of carbonyl (C=O) groups excluding carboxylic acids is 4. The molecule has 1 rings (SSSR count). The van der Waals surface area contributed by atoms with E-state index in [1.165, 1.54) is 11.8 Å². The molecule has 0 unspecified atom stereocenters. The molecule has 0 saturated heterocycles. The molecule has 3 N–H and O–H groups in total. The molecule has 0 aliphatic heterocycles. The average molecular weight is 424 g/mol. The van der Waals surface area contributed by atoms with Gasteiger partial charge in [-0.1, -0.05) is 26.0 Å². The fraction of sp³-hybridized carbons (Fsp3) is 0.500. The second-order valence-electron chi connectivity index (χ2n) is 7.07. The number of carbonyl (C=O) groups is 4. The van der Waals surface area contributed by atoms with Gasteiger partial charge in [0, 0.05) is 17.5 Å². The van der Waals surface area contributed by atoms with Crippen LogP contribution in [-0.4, -0.2) is 48.8 Å². The minimum absolute atomic E-state index is 0.0318. The first-order valence-corrected chi connectivity index (χ1v) is 10.4. The predicted octanol–water partition coefficient (Wildman–Crippen LogP) is 2.33. The SMILES string of the molecule is CC(C)CCNC(=O)NC(=O)COC(=O)c1ccccc1SCC(=O)NC(C)C. The molecule has 0 saturated carbocycles. The molecular weight excluding hydrogens is 394 g/mol. The van der Waals surface area contributed by atoms with E-state index in [1.54, 1.807) is 24.3 Å². The highest BCUT2D eigenvalue weighted by atomic mass is 32.2. The van der Waals surface area contributed by atoms with Gasteiger partial charge in [0.1, 0.15) is 0 Å². The molecule has 29 heavy (non-hydrogen) atoms. The standard InChI is InChI=1S/C20H29N3O5S/c1-13(2)9-10-21-20(27)23-17(24)11-28-19(26)15-7-5-6-8-16(15)29-12-18(25)22-14(3)4/h5-8,13-14H,9-12H2,1-4H3,(H,22,25)(H2,21,23,24,27). The molecule has 0 bridgehead atoms. The van der Waals surface area contributed by atoms with E-state index >= 15 is 0 Å². The van der Waals surface area contributed by atoms with E-state index < -0.39 is 24.5 Å². The maximum atomic E-state index is 12.3. The summed E-state index contributed by atoms with van der Waals surface area (Å²) in [5, 5.41) is 7.44. The minimum atomic E-state index is -0.721. The van der Waals surface area contributed by atoms with Crippen LogP contribution >= 0.6 is 11.8 Å². The summed E-state index contributed by atoms with van der Waals surface area (Å²) in [7, 11) is 0. The van der Waals surface area contributed by atoms with Crippen LogP contribution in [0.25, 0.3) is 0 Å². The Kier molecular flexibility index (Phi) is 10.8. The molecule has 0 radical (unpaired) electrons. The van der Waals surface area contributed by atoms with E-state index in [9.17, 15) is 19.2 Å². The molecule has 0 aromatic heterocycles. The molecule has 0 atom stereocenters. The van der Waals surface area contributed by atoms with Crippen LogP contribution in [0, 0.1) is 5.92 Å². The number of esters is 1. The third-order valence-electron chi connectivity index (χ3n) is 3.51. The molecule has 0 aliphatic carbocycles. The Hall–Kier alpha value is -2.55. The maximum absolute atomic E-state index is 12.3. The molecule has 0 fully saturated rings. The highest BCUT2D eigenvalue weighted by Crippen LogP contribution is 2.23. The quantitative estimate of drug-likeness (QED) is 0.393. The first-order valence-electron chi connectivity index (χ1n) is 9.45. The zero-order valence-corrected chi connectivity index (χ0v) is 18.1. The number of ether oxygens (including phenoxy) is 1. The smallest absolute Gasteiger partial charge is 0.339 e. The Balaban J connectivity index is 2.50. The summed E-state index contributed by atoms with van der Waals surface area (Å²) in [6, 6.07) is 6.07. The molecule has 0 spiro atoms. The summed E-state index contributed by atoms with van der Waals surface area (Å²) in [5.41, 5.74) is 0.254. The molecule has 1 aromatic carbocycles. The van der Waals surface area contributed by atoms with E-state index in [4.69, 9.17) is 4.74 Å². The lowest BCUT2D eigenvalue weighted by Crippen LogP contribution is -2.42. The van der Waals surface area contributed by atoms with Crippen LogP contribution in [0.15, 0.2) is 29.2 Å². The molecule has 4 amide bonds. The van der Waals surface area contributed by atoms with Crippen LogP contribution in [0.1, 0.15) is 44.5 Å². The van der Waals surface area contributed by atoms with Crippen molar-refractivity contribution >= 4 is 35.6 Å². The second kappa shape index (κ2) is 12.8.